The fourth-order valence-corrected chi connectivity index (χ4v) is 5.50. The van der Waals surface area contributed by atoms with Gasteiger partial charge in [0.1, 0.15) is 11.5 Å². The Labute approximate surface area is 233 Å². The third kappa shape index (κ3) is 7.11. The monoisotopic (exact) mass is 576 g/mol. The van der Waals surface area contributed by atoms with E-state index in [2.05, 4.69) is 49.1 Å². The van der Waals surface area contributed by atoms with Crippen LogP contribution in [0.25, 0.3) is 11.3 Å². The van der Waals surface area contributed by atoms with Crippen LogP contribution in [0.2, 0.25) is 23.2 Å². The number of hydrogen-bond acceptors (Lipinski definition) is 6. The van der Waals surface area contributed by atoms with Crippen LogP contribution in [0.4, 0.5) is 14.7 Å². The molecule has 2 aromatic heterocycles. The molecule has 1 saturated heterocycles. The Balaban J connectivity index is 1.62. The number of nitrogens with zero attached hydrogens (tertiary/aromatic N) is 3. The number of benzene rings is 1. The normalized spacial score (nSPS) is 15.8. The van der Waals surface area contributed by atoms with E-state index >= 15 is 0 Å². The van der Waals surface area contributed by atoms with E-state index in [0.29, 0.717) is 30.3 Å². The molecule has 7 nitrogen and oxygen atoms in total. The van der Waals surface area contributed by atoms with E-state index in [9.17, 15) is 13.6 Å². The molecule has 3 aromatic rings. The fraction of sp³-hybridized carbons (Fsp3) is 0.464. The minimum Gasteiger partial charge on any atom is -0.408 e. The van der Waals surface area contributed by atoms with Crippen molar-refractivity contribution in [2.24, 2.45) is 0 Å². The summed E-state index contributed by atoms with van der Waals surface area (Å²) in [6.45, 7) is 12.0. The smallest absolute Gasteiger partial charge is 0.251 e. The van der Waals surface area contributed by atoms with E-state index in [-0.39, 0.29) is 33.9 Å². The van der Waals surface area contributed by atoms with Crippen LogP contribution in [0.1, 0.15) is 45.3 Å². The minimum atomic E-state index is -2.30. The van der Waals surface area contributed by atoms with Crippen molar-refractivity contribution in [3.8, 4) is 11.3 Å². The first kappa shape index (κ1) is 29.3. The zero-order chi connectivity index (χ0) is 28.4. The number of aromatic nitrogens is 3. The Hall–Kier alpha value is -2.66. The van der Waals surface area contributed by atoms with Gasteiger partial charge in [-0.1, -0.05) is 38.4 Å². The second-order valence-corrected chi connectivity index (χ2v) is 16.5. The van der Waals surface area contributed by atoms with Crippen LogP contribution in [0.5, 0.6) is 0 Å². The maximum Gasteiger partial charge on any atom is 0.251 e. The summed E-state index contributed by atoms with van der Waals surface area (Å²) in [6.07, 6.45) is 3.71. The lowest BCUT2D eigenvalue weighted by Crippen LogP contribution is -2.43. The molecule has 0 spiro atoms. The van der Waals surface area contributed by atoms with Crippen LogP contribution in [0, 0.1) is 11.6 Å². The highest BCUT2D eigenvalue weighted by molar-refractivity contribution is 6.74. The summed E-state index contributed by atoms with van der Waals surface area (Å²) < 4.78 is 42.6. The van der Waals surface area contributed by atoms with Gasteiger partial charge in [0, 0.05) is 37.1 Å². The van der Waals surface area contributed by atoms with E-state index in [4.69, 9.17) is 20.8 Å². The third-order valence-electron chi connectivity index (χ3n) is 7.49. The summed E-state index contributed by atoms with van der Waals surface area (Å²) in [5.74, 6) is -0.874. The number of hydrogen-bond donors (Lipinski definition) is 1. The predicted octanol–water partition coefficient (Wildman–Crippen LogP) is 6.59. The number of ether oxygens (including phenoxy) is 1. The Morgan fingerprint density at radius 3 is 2.54 bits per heavy atom. The van der Waals surface area contributed by atoms with Gasteiger partial charge in [0.15, 0.2) is 14.1 Å². The molecule has 3 heterocycles. The van der Waals surface area contributed by atoms with Gasteiger partial charge < -0.3 is 19.0 Å². The lowest BCUT2D eigenvalue weighted by atomic mass is 10.1. The summed E-state index contributed by atoms with van der Waals surface area (Å²) in [6, 6.07) is 7.67. The zero-order valence-corrected chi connectivity index (χ0v) is 24.7. The summed E-state index contributed by atoms with van der Waals surface area (Å²) in [4.78, 5) is 21.6. The average molecular weight is 577 g/mol. The van der Waals surface area contributed by atoms with Gasteiger partial charge in [0.05, 0.1) is 23.9 Å². The molecule has 0 saturated carbocycles. The van der Waals surface area contributed by atoms with Gasteiger partial charge in [-0.3, -0.25) is 4.79 Å². The molecule has 1 aromatic carbocycles. The van der Waals surface area contributed by atoms with E-state index in [1.54, 1.807) is 18.3 Å². The van der Waals surface area contributed by atoms with Crippen molar-refractivity contribution in [3.05, 3.63) is 75.3 Å². The topological polar surface area (TPSA) is 78.3 Å². The highest BCUT2D eigenvalue weighted by Gasteiger charge is 2.39. The fourth-order valence-electron chi connectivity index (χ4n) is 4.10. The van der Waals surface area contributed by atoms with Crippen LogP contribution >= 0.6 is 11.6 Å². The van der Waals surface area contributed by atoms with Gasteiger partial charge in [0.25, 0.3) is 5.56 Å². The molecule has 1 aliphatic heterocycles. The Bertz CT molecular complexity index is 1370. The SMILES string of the molecule is CC(C)(C)[Si](C)(C)O[C@H](Cn1ccc(-c2nc(NC3CCOCC3)ncc2F)cc1=O)c1ccc(Cl)c(F)c1. The first-order valence-electron chi connectivity index (χ1n) is 13.0. The Morgan fingerprint density at radius 2 is 1.90 bits per heavy atom. The first-order valence-corrected chi connectivity index (χ1v) is 16.3. The van der Waals surface area contributed by atoms with E-state index in [1.807, 2.05) is 0 Å². The highest BCUT2D eigenvalue weighted by atomic mass is 35.5. The number of rotatable bonds is 8. The second kappa shape index (κ2) is 11.8. The van der Waals surface area contributed by atoms with Crippen molar-refractivity contribution in [1.29, 1.82) is 0 Å². The summed E-state index contributed by atoms with van der Waals surface area (Å²) in [7, 11) is -2.30. The molecule has 4 rings (SSSR count). The van der Waals surface area contributed by atoms with Gasteiger partial charge in [-0.25, -0.2) is 18.7 Å². The Morgan fingerprint density at radius 1 is 1.18 bits per heavy atom. The van der Waals surface area contributed by atoms with Crippen LogP contribution in [-0.2, 0) is 15.7 Å². The van der Waals surface area contributed by atoms with Gasteiger partial charge in [-0.2, -0.15) is 0 Å². The molecule has 1 fully saturated rings. The molecule has 0 aliphatic carbocycles. The third-order valence-corrected chi connectivity index (χ3v) is 12.3. The van der Waals surface area contributed by atoms with Crippen molar-refractivity contribution in [2.45, 2.75) is 70.4 Å². The van der Waals surface area contributed by atoms with Crippen LogP contribution in [-0.4, -0.2) is 42.1 Å². The highest BCUT2D eigenvalue weighted by Crippen LogP contribution is 2.40. The molecule has 0 bridgehead atoms. The van der Waals surface area contributed by atoms with E-state index < -0.39 is 26.1 Å². The van der Waals surface area contributed by atoms with Crippen LogP contribution in [0.15, 0.2) is 47.5 Å². The zero-order valence-electron chi connectivity index (χ0n) is 22.9. The lowest BCUT2D eigenvalue weighted by Gasteiger charge is -2.39. The lowest BCUT2D eigenvalue weighted by molar-refractivity contribution is 0.0903. The van der Waals surface area contributed by atoms with Crippen LogP contribution < -0.4 is 10.9 Å². The van der Waals surface area contributed by atoms with Gasteiger partial charge in [0.2, 0.25) is 5.95 Å². The van der Waals surface area contributed by atoms with Crippen molar-refractivity contribution in [2.75, 3.05) is 18.5 Å². The van der Waals surface area contributed by atoms with Crippen molar-refractivity contribution < 1.29 is 17.9 Å². The molecule has 0 amide bonds. The summed E-state index contributed by atoms with van der Waals surface area (Å²) in [5.41, 5.74) is 0.606. The molecule has 0 radical (unpaired) electrons. The predicted molar refractivity (Wildman–Crippen MR) is 152 cm³/mol. The van der Waals surface area contributed by atoms with Crippen molar-refractivity contribution >= 4 is 25.9 Å². The molecule has 1 aliphatic rings. The summed E-state index contributed by atoms with van der Waals surface area (Å²) >= 11 is 5.92. The maximum atomic E-state index is 14.7. The molecular weight excluding hydrogens is 542 g/mol. The van der Waals surface area contributed by atoms with E-state index in [1.165, 1.54) is 22.8 Å². The van der Waals surface area contributed by atoms with Gasteiger partial charge in [-0.15, -0.1) is 0 Å². The van der Waals surface area contributed by atoms with Crippen LogP contribution in [0.3, 0.4) is 0 Å². The Kier molecular flexibility index (Phi) is 8.90. The number of nitrogens with one attached hydrogen (secondary N) is 1. The molecule has 11 heteroatoms. The maximum absolute atomic E-state index is 14.7. The molecule has 1 atom stereocenters. The summed E-state index contributed by atoms with van der Waals surface area (Å²) in [5, 5.41) is 3.14. The molecule has 210 valence electrons. The number of anilines is 1. The minimum absolute atomic E-state index is 0.0175. The molecule has 1 N–H and O–H groups in total. The number of pyridine rings is 1. The molecule has 39 heavy (non-hydrogen) atoms. The van der Waals surface area contributed by atoms with Crippen molar-refractivity contribution in [1.82, 2.24) is 14.5 Å². The number of halogens is 3. The van der Waals surface area contributed by atoms with E-state index in [0.717, 1.165) is 19.0 Å². The van der Waals surface area contributed by atoms with Crippen molar-refractivity contribution in [3.63, 3.8) is 0 Å². The molecular formula is C28H35ClF2N4O3Si. The molecule has 0 unspecified atom stereocenters. The standard InChI is InChI=1S/C28H35ClF2N4O3Si/c1-28(2,3)39(4,5)38-24(18-6-7-21(29)22(30)14-18)17-35-11-8-19(15-25(35)36)26-23(31)16-32-27(34-26)33-20-9-12-37-13-10-20/h6-8,11,14-16,20,24H,9-10,12-13,17H2,1-5H3,(H,32,33,34)/t24-/m1/s1. The second-order valence-electron chi connectivity index (χ2n) is 11.4. The van der Waals surface area contributed by atoms with Gasteiger partial charge in [-0.05, 0) is 54.7 Å². The first-order chi connectivity index (χ1) is 18.3. The van der Waals surface area contributed by atoms with Gasteiger partial charge >= 0.3 is 0 Å². The quantitative estimate of drug-likeness (QED) is 0.305. The average Bonchev–Trinajstić information content (AvgIpc) is 2.87. The largest absolute Gasteiger partial charge is 0.408 e.